The number of ether oxygens (including phenoxy) is 2. The van der Waals surface area contributed by atoms with Gasteiger partial charge in [-0.25, -0.2) is 10.0 Å². The predicted octanol–water partition coefficient (Wildman–Crippen LogP) is -1.11. The second-order valence-electron chi connectivity index (χ2n) is 12.2. The van der Waals surface area contributed by atoms with Crippen molar-refractivity contribution in [3.8, 4) is 0 Å². The highest BCUT2D eigenvalue weighted by Gasteiger charge is 2.36. The Bertz CT molecular complexity index is 1380. The summed E-state index contributed by atoms with van der Waals surface area (Å²) in [7, 11) is 0. The van der Waals surface area contributed by atoms with Crippen molar-refractivity contribution in [2.24, 2.45) is 0 Å². The number of hydrogen-bond donors (Lipinski definition) is 2. The lowest BCUT2D eigenvalue weighted by Gasteiger charge is -2.35. The normalized spacial score (nSPS) is 13.8. The Labute approximate surface area is 289 Å². The summed E-state index contributed by atoms with van der Waals surface area (Å²) in [5, 5.41) is 6.06. The molecule has 2 heterocycles. The minimum Gasteiger partial charge on any atom is -0.466 e. The third-order valence-electron chi connectivity index (χ3n) is 6.78. The van der Waals surface area contributed by atoms with Gasteiger partial charge in [-0.05, 0) is 40.0 Å². The van der Waals surface area contributed by atoms with Crippen LogP contribution in [0.3, 0.4) is 0 Å². The van der Waals surface area contributed by atoms with E-state index in [0.717, 1.165) is 30.7 Å². The number of esters is 2. The lowest BCUT2D eigenvalue weighted by atomic mass is 10.2. The van der Waals surface area contributed by atoms with Gasteiger partial charge in [0.15, 0.2) is 0 Å². The van der Waals surface area contributed by atoms with Gasteiger partial charge in [0.2, 0.25) is 11.8 Å². The van der Waals surface area contributed by atoms with Crippen LogP contribution in [0.15, 0.2) is 24.3 Å². The zero-order valence-corrected chi connectivity index (χ0v) is 28.7. The van der Waals surface area contributed by atoms with E-state index in [1.54, 1.807) is 20.8 Å². The van der Waals surface area contributed by atoms with E-state index in [9.17, 15) is 47.9 Å². The third-order valence-corrected chi connectivity index (χ3v) is 6.78. The number of nitrogens with one attached hydrogen (secondary N) is 2. The number of imide groups is 2. The third kappa shape index (κ3) is 14.0. The second kappa shape index (κ2) is 19.5. The molecule has 0 aromatic rings. The summed E-state index contributed by atoms with van der Waals surface area (Å²) in [6.45, 7) is 3.55. The number of hydrazine groups is 1. The molecule has 0 unspecified atom stereocenters. The average Bonchev–Trinajstić information content (AvgIpc) is 3.52. The molecule has 0 aromatic carbocycles. The van der Waals surface area contributed by atoms with Crippen LogP contribution in [-0.4, -0.2) is 130 Å². The molecule has 18 heteroatoms. The van der Waals surface area contributed by atoms with E-state index in [1.165, 1.54) is 0 Å². The molecule has 2 aliphatic rings. The van der Waals surface area contributed by atoms with Crippen molar-refractivity contribution in [1.29, 1.82) is 0 Å². The van der Waals surface area contributed by atoms with Gasteiger partial charge in [-0.2, -0.15) is 0 Å². The van der Waals surface area contributed by atoms with E-state index < -0.39 is 91.0 Å². The fourth-order valence-electron chi connectivity index (χ4n) is 4.32. The van der Waals surface area contributed by atoms with Gasteiger partial charge in [0, 0.05) is 50.2 Å². The first kappa shape index (κ1) is 40.8. The summed E-state index contributed by atoms with van der Waals surface area (Å²) in [6, 6.07) is 0. The first-order chi connectivity index (χ1) is 23.5. The Morgan fingerprint density at radius 3 is 1.44 bits per heavy atom. The molecule has 2 aliphatic heterocycles. The van der Waals surface area contributed by atoms with Crippen molar-refractivity contribution in [3.63, 3.8) is 0 Å². The summed E-state index contributed by atoms with van der Waals surface area (Å²) in [4.78, 5) is 127. The van der Waals surface area contributed by atoms with Gasteiger partial charge in [0.25, 0.3) is 35.4 Å². The number of amides is 8. The average molecular weight is 705 g/mol. The molecular weight excluding hydrogens is 660 g/mol. The molecule has 18 nitrogen and oxygen atoms in total. The van der Waals surface area contributed by atoms with E-state index in [0.29, 0.717) is 26.2 Å². The number of carbonyl (C=O) groups is 10. The summed E-state index contributed by atoms with van der Waals surface area (Å²) in [6.07, 6.45) is 5.50. The number of hydrogen-bond acceptors (Lipinski definition) is 12. The molecule has 0 saturated heterocycles. The largest absolute Gasteiger partial charge is 0.466 e. The van der Waals surface area contributed by atoms with E-state index in [-0.39, 0.29) is 45.4 Å². The van der Waals surface area contributed by atoms with Gasteiger partial charge in [-0.3, -0.25) is 57.7 Å². The van der Waals surface area contributed by atoms with Crippen molar-refractivity contribution in [2.75, 3.05) is 45.9 Å². The van der Waals surface area contributed by atoms with Crippen molar-refractivity contribution in [3.05, 3.63) is 24.3 Å². The monoisotopic (exact) mass is 704 g/mol. The Hall–Kier alpha value is -5.42. The molecule has 0 aromatic heterocycles. The molecule has 0 spiro atoms. The molecule has 274 valence electrons. The first-order valence-corrected chi connectivity index (χ1v) is 16.1. The molecule has 50 heavy (non-hydrogen) atoms. The Morgan fingerprint density at radius 1 is 0.660 bits per heavy atom. The van der Waals surface area contributed by atoms with Gasteiger partial charge < -0.3 is 20.1 Å². The highest BCUT2D eigenvalue weighted by atomic mass is 16.6. The number of nitrogens with zero attached hydrogens (tertiary/aromatic N) is 4. The fraction of sp³-hybridized carbons (Fsp3) is 0.562. The lowest BCUT2D eigenvalue weighted by molar-refractivity contribution is -0.170. The van der Waals surface area contributed by atoms with Crippen LogP contribution in [0, 0.1) is 0 Å². The highest BCUT2D eigenvalue weighted by Crippen LogP contribution is 2.11. The summed E-state index contributed by atoms with van der Waals surface area (Å²) < 4.78 is 10.3. The molecule has 0 atom stereocenters. The number of unbranched alkanes of at least 4 members (excludes halogenated alkanes) is 1. The Balaban J connectivity index is 2.23. The minimum atomic E-state index is -1.13. The maximum absolute atomic E-state index is 13.6. The topological polar surface area (TPSA) is 226 Å². The number of rotatable bonds is 19. The lowest BCUT2D eigenvalue weighted by Crippen LogP contribution is -2.60. The van der Waals surface area contributed by atoms with Crippen molar-refractivity contribution < 1.29 is 57.4 Å². The Kier molecular flexibility index (Phi) is 15.9. The van der Waals surface area contributed by atoms with Gasteiger partial charge >= 0.3 is 11.9 Å². The van der Waals surface area contributed by atoms with Crippen LogP contribution < -0.4 is 10.6 Å². The molecule has 0 radical (unpaired) electrons. The SMILES string of the molecule is CCCCOC(=O)CCCNC(=O)CN(C(=O)CN1C(=O)C=CC1=O)N(CC(=O)NCCCC(=O)OC(C)(C)C)C(=O)CN1C(=O)C=CC1=O. The van der Waals surface area contributed by atoms with Crippen LogP contribution in [0.4, 0.5) is 0 Å². The van der Waals surface area contributed by atoms with Crippen LogP contribution >= 0.6 is 0 Å². The summed E-state index contributed by atoms with van der Waals surface area (Å²) >= 11 is 0. The molecule has 0 aliphatic carbocycles. The molecular formula is C32H44N6O12. The predicted molar refractivity (Wildman–Crippen MR) is 171 cm³/mol. The van der Waals surface area contributed by atoms with Gasteiger partial charge in [0.1, 0.15) is 31.8 Å². The van der Waals surface area contributed by atoms with Gasteiger partial charge in [-0.1, -0.05) is 13.3 Å². The standard InChI is InChI=1S/C32H44N6O12/c1-5-6-17-49-30(47)9-7-15-33-22(39)18-37(28(45)20-35-24(41)11-12-25(35)42)38(29(46)21-36-26(43)13-14-27(36)44)19-23(40)34-16-8-10-31(48)50-32(2,3)4/h11-14H,5-10,15-21H2,1-4H3,(H,33,39)(H,34,40). The first-order valence-electron chi connectivity index (χ1n) is 16.1. The minimum absolute atomic E-state index is 0.0105. The molecule has 2 N–H and O–H groups in total. The van der Waals surface area contributed by atoms with Crippen LogP contribution in [0.2, 0.25) is 0 Å². The summed E-state index contributed by atoms with van der Waals surface area (Å²) in [5.41, 5.74) is -0.711. The zero-order valence-electron chi connectivity index (χ0n) is 28.7. The van der Waals surface area contributed by atoms with E-state index in [1.807, 2.05) is 6.92 Å². The smallest absolute Gasteiger partial charge is 0.306 e. The summed E-state index contributed by atoms with van der Waals surface area (Å²) in [5.74, 6) is -8.27. The van der Waals surface area contributed by atoms with Crippen LogP contribution in [0.5, 0.6) is 0 Å². The van der Waals surface area contributed by atoms with Crippen LogP contribution in [-0.2, 0) is 57.4 Å². The maximum Gasteiger partial charge on any atom is 0.306 e. The second-order valence-corrected chi connectivity index (χ2v) is 12.2. The molecule has 0 saturated carbocycles. The van der Waals surface area contributed by atoms with Crippen molar-refractivity contribution >= 4 is 59.2 Å². The zero-order chi connectivity index (χ0) is 37.4. The van der Waals surface area contributed by atoms with E-state index in [2.05, 4.69) is 10.6 Å². The van der Waals surface area contributed by atoms with E-state index in [4.69, 9.17) is 9.47 Å². The van der Waals surface area contributed by atoms with Crippen LogP contribution in [0.25, 0.3) is 0 Å². The van der Waals surface area contributed by atoms with Crippen molar-refractivity contribution in [2.45, 2.75) is 71.8 Å². The van der Waals surface area contributed by atoms with E-state index >= 15 is 0 Å². The molecule has 2 rings (SSSR count). The van der Waals surface area contributed by atoms with Gasteiger partial charge in [-0.15, -0.1) is 0 Å². The van der Waals surface area contributed by atoms with Crippen LogP contribution in [0.1, 0.15) is 66.2 Å². The molecule has 0 bridgehead atoms. The molecule has 8 amide bonds. The quantitative estimate of drug-likeness (QED) is 0.0706. The molecule has 0 fully saturated rings. The van der Waals surface area contributed by atoms with Gasteiger partial charge in [0.05, 0.1) is 6.61 Å². The maximum atomic E-state index is 13.6. The Morgan fingerprint density at radius 2 is 1.06 bits per heavy atom. The fourth-order valence-corrected chi connectivity index (χ4v) is 4.32. The van der Waals surface area contributed by atoms with Crippen molar-refractivity contribution in [1.82, 2.24) is 30.5 Å². The number of carbonyl (C=O) groups excluding carboxylic acids is 10. The highest BCUT2D eigenvalue weighted by molar-refractivity contribution is 6.15.